The van der Waals surface area contributed by atoms with E-state index in [9.17, 15) is 9.59 Å². The first-order valence-electron chi connectivity index (χ1n) is 8.45. The van der Waals surface area contributed by atoms with Crippen LogP contribution in [0, 0.1) is 0 Å². The topological polar surface area (TPSA) is 85.2 Å². The number of imidazole rings is 1. The van der Waals surface area contributed by atoms with E-state index in [1.165, 1.54) is 0 Å². The minimum Gasteiger partial charge on any atom is -0.378 e. The van der Waals surface area contributed by atoms with Gasteiger partial charge in [0.25, 0.3) is 11.8 Å². The third-order valence-electron chi connectivity index (χ3n) is 4.26. The van der Waals surface area contributed by atoms with Crippen LogP contribution in [-0.4, -0.2) is 41.1 Å². The number of ether oxygens (including phenoxy) is 1. The van der Waals surface area contributed by atoms with Crippen molar-refractivity contribution in [2.75, 3.05) is 25.1 Å². The molecule has 0 unspecified atom stereocenters. The summed E-state index contributed by atoms with van der Waals surface area (Å²) in [6, 6.07) is 14.3. The summed E-state index contributed by atoms with van der Waals surface area (Å²) in [4.78, 5) is 29.3. The average Bonchev–Trinajstić information content (AvgIpc) is 3.01. The molecule has 132 valence electrons. The number of aromatic nitrogens is 2. The summed E-state index contributed by atoms with van der Waals surface area (Å²) < 4.78 is 7.54. The van der Waals surface area contributed by atoms with Crippen molar-refractivity contribution in [3.8, 4) is 0 Å². The summed E-state index contributed by atoms with van der Waals surface area (Å²) in [5, 5.41) is 5.64. The van der Waals surface area contributed by atoms with E-state index in [-0.39, 0.29) is 11.8 Å². The molecule has 3 aromatic rings. The van der Waals surface area contributed by atoms with E-state index in [0.717, 1.165) is 11.0 Å². The van der Waals surface area contributed by atoms with Gasteiger partial charge in [-0.3, -0.25) is 14.9 Å². The SMILES string of the molecule is O=C1NCCOCCn2c(nc3ccccc32)NC(=O)c2cccc1c2. The van der Waals surface area contributed by atoms with Crippen LogP contribution >= 0.6 is 0 Å². The molecule has 26 heavy (non-hydrogen) atoms. The summed E-state index contributed by atoms with van der Waals surface area (Å²) in [6.45, 7) is 1.82. The molecule has 0 fully saturated rings. The van der Waals surface area contributed by atoms with Gasteiger partial charge in [0.1, 0.15) is 0 Å². The molecular weight excluding hydrogens is 332 g/mol. The van der Waals surface area contributed by atoms with Crippen LogP contribution in [0.4, 0.5) is 5.95 Å². The minimum atomic E-state index is -0.311. The van der Waals surface area contributed by atoms with Gasteiger partial charge < -0.3 is 14.6 Å². The number of rotatable bonds is 0. The van der Waals surface area contributed by atoms with E-state index in [0.29, 0.717) is 43.4 Å². The van der Waals surface area contributed by atoms with Crippen molar-refractivity contribution < 1.29 is 14.3 Å². The fraction of sp³-hybridized carbons (Fsp3) is 0.211. The second-order valence-electron chi connectivity index (χ2n) is 5.98. The number of amides is 2. The number of anilines is 1. The van der Waals surface area contributed by atoms with Crippen molar-refractivity contribution in [3.05, 3.63) is 59.7 Å². The van der Waals surface area contributed by atoms with Gasteiger partial charge in [-0.25, -0.2) is 4.98 Å². The number of carbonyl (C=O) groups is 2. The normalized spacial score (nSPS) is 15.7. The Balaban J connectivity index is 1.74. The first kappa shape index (κ1) is 16.3. The quantitative estimate of drug-likeness (QED) is 0.650. The molecule has 4 rings (SSSR count). The number of fused-ring (bicyclic) bond motifs is 5. The van der Waals surface area contributed by atoms with Crippen molar-refractivity contribution in [2.45, 2.75) is 6.54 Å². The number of hydrogen-bond donors (Lipinski definition) is 2. The fourth-order valence-corrected chi connectivity index (χ4v) is 2.97. The van der Waals surface area contributed by atoms with Gasteiger partial charge in [0.2, 0.25) is 5.95 Å². The van der Waals surface area contributed by atoms with Gasteiger partial charge in [-0.05, 0) is 30.3 Å². The van der Waals surface area contributed by atoms with Crippen LogP contribution in [0.1, 0.15) is 20.7 Å². The second-order valence-corrected chi connectivity index (χ2v) is 5.98. The van der Waals surface area contributed by atoms with Gasteiger partial charge in [0, 0.05) is 24.2 Å². The Morgan fingerprint density at radius 1 is 0.962 bits per heavy atom. The lowest BCUT2D eigenvalue weighted by molar-refractivity contribution is 0.0909. The van der Waals surface area contributed by atoms with E-state index < -0.39 is 0 Å². The Morgan fingerprint density at radius 3 is 2.65 bits per heavy atom. The largest absolute Gasteiger partial charge is 0.378 e. The van der Waals surface area contributed by atoms with Crippen LogP contribution in [0.2, 0.25) is 0 Å². The molecule has 1 aliphatic rings. The number of hydrogen-bond acceptors (Lipinski definition) is 4. The Kier molecular flexibility index (Phi) is 4.37. The Labute approximate surface area is 150 Å². The number of nitrogens with zero attached hydrogens (tertiary/aromatic N) is 2. The van der Waals surface area contributed by atoms with Crippen LogP contribution in [0.25, 0.3) is 11.0 Å². The van der Waals surface area contributed by atoms with Crippen LogP contribution in [0.15, 0.2) is 48.5 Å². The molecule has 2 heterocycles. The predicted molar refractivity (Wildman–Crippen MR) is 97.3 cm³/mol. The highest BCUT2D eigenvalue weighted by Gasteiger charge is 2.16. The van der Waals surface area contributed by atoms with Crippen molar-refractivity contribution in [3.63, 3.8) is 0 Å². The molecule has 2 amide bonds. The summed E-state index contributed by atoms with van der Waals surface area (Å²) in [7, 11) is 0. The number of para-hydroxylation sites is 2. The van der Waals surface area contributed by atoms with Crippen molar-refractivity contribution in [2.24, 2.45) is 0 Å². The van der Waals surface area contributed by atoms with E-state index in [1.54, 1.807) is 24.3 Å². The molecule has 2 aromatic carbocycles. The Hall–Kier alpha value is -3.19. The van der Waals surface area contributed by atoms with Gasteiger partial charge in [-0.1, -0.05) is 18.2 Å². The maximum absolute atomic E-state index is 12.7. The molecule has 0 spiro atoms. The fourth-order valence-electron chi connectivity index (χ4n) is 2.97. The maximum atomic E-state index is 12.7. The summed E-state index contributed by atoms with van der Waals surface area (Å²) in [6.07, 6.45) is 0. The van der Waals surface area contributed by atoms with Gasteiger partial charge in [0.15, 0.2) is 0 Å². The number of benzene rings is 2. The zero-order valence-corrected chi connectivity index (χ0v) is 14.1. The number of nitrogens with one attached hydrogen (secondary N) is 2. The summed E-state index contributed by atoms with van der Waals surface area (Å²) in [5.41, 5.74) is 2.58. The smallest absolute Gasteiger partial charge is 0.257 e. The van der Waals surface area contributed by atoms with Crippen LogP contribution < -0.4 is 10.6 Å². The molecule has 7 heteroatoms. The zero-order valence-electron chi connectivity index (χ0n) is 14.1. The standard InChI is InChI=1S/C19H18N4O3/c24-17-13-4-3-5-14(12-13)18(25)22-19-21-15-6-1-2-7-16(15)23(19)9-11-26-10-8-20-17/h1-7,12H,8-11H2,(H,20,24)(H,21,22,25). The van der Waals surface area contributed by atoms with Gasteiger partial charge >= 0.3 is 0 Å². The highest BCUT2D eigenvalue weighted by atomic mass is 16.5. The molecule has 0 saturated carbocycles. The Bertz CT molecular complexity index is 980. The molecule has 0 aliphatic carbocycles. The first-order valence-corrected chi connectivity index (χ1v) is 8.45. The molecular formula is C19H18N4O3. The third kappa shape index (κ3) is 3.16. The van der Waals surface area contributed by atoms with Crippen molar-refractivity contribution in [1.82, 2.24) is 14.9 Å². The highest BCUT2D eigenvalue weighted by molar-refractivity contribution is 6.06. The molecule has 7 nitrogen and oxygen atoms in total. The Morgan fingerprint density at radius 2 is 1.77 bits per heavy atom. The molecule has 0 atom stereocenters. The van der Waals surface area contributed by atoms with Gasteiger partial charge in [-0.15, -0.1) is 0 Å². The molecule has 0 radical (unpaired) electrons. The molecule has 0 saturated heterocycles. The lowest BCUT2D eigenvalue weighted by Gasteiger charge is -2.13. The van der Waals surface area contributed by atoms with Crippen LogP contribution in [-0.2, 0) is 11.3 Å². The molecule has 1 aromatic heterocycles. The van der Waals surface area contributed by atoms with Crippen LogP contribution in [0.3, 0.4) is 0 Å². The average molecular weight is 350 g/mol. The zero-order chi connectivity index (χ0) is 17.9. The highest BCUT2D eigenvalue weighted by Crippen LogP contribution is 2.20. The van der Waals surface area contributed by atoms with Crippen molar-refractivity contribution >= 4 is 28.8 Å². The monoisotopic (exact) mass is 350 g/mol. The lowest BCUT2D eigenvalue weighted by Crippen LogP contribution is -2.28. The minimum absolute atomic E-state index is 0.229. The summed E-state index contributed by atoms with van der Waals surface area (Å²) in [5.74, 6) is -0.0755. The summed E-state index contributed by atoms with van der Waals surface area (Å²) >= 11 is 0. The van der Waals surface area contributed by atoms with Gasteiger partial charge in [0.05, 0.1) is 24.2 Å². The van der Waals surface area contributed by atoms with Gasteiger partial charge in [-0.2, -0.15) is 0 Å². The van der Waals surface area contributed by atoms with Crippen molar-refractivity contribution in [1.29, 1.82) is 0 Å². The van der Waals surface area contributed by atoms with E-state index >= 15 is 0 Å². The molecule has 2 N–H and O–H groups in total. The van der Waals surface area contributed by atoms with E-state index in [4.69, 9.17) is 4.74 Å². The van der Waals surface area contributed by atoms with E-state index in [2.05, 4.69) is 15.6 Å². The second kappa shape index (κ2) is 6.97. The predicted octanol–water partition coefficient (Wildman–Crippen LogP) is 2.05. The maximum Gasteiger partial charge on any atom is 0.257 e. The first-order chi connectivity index (χ1) is 12.7. The molecule has 2 bridgehead atoms. The lowest BCUT2D eigenvalue weighted by atomic mass is 10.1. The van der Waals surface area contributed by atoms with Crippen LogP contribution in [0.5, 0.6) is 0 Å². The third-order valence-corrected chi connectivity index (χ3v) is 4.26. The number of carbonyl (C=O) groups excluding carboxylic acids is 2. The molecule has 1 aliphatic heterocycles. The van der Waals surface area contributed by atoms with E-state index in [1.807, 2.05) is 28.8 Å².